The van der Waals surface area contributed by atoms with Crippen LogP contribution in [0.25, 0.3) is 22.4 Å². The summed E-state index contributed by atoms with van der Waals surface area (Å²) in [6.07, 6.45) is 0. The summed E-state index contributed by atoms with van der Waals surface area (Å²) in [6.45, 7) is 2.09. The standard InChI is InChI=1S/C23H18N4OS/c1-16-8-7-9-17(14-16)15-29-23-25-24-22-26(18-10-3-2-4-11-18)21(28)19-12-5-6-13-20(19)27(22)23/h2-14H,15H2,1H3. The number of aromatic nitrogens is 4. The van der Waals surface area contributed by atoms with E-state index >= 15 is 0 Å². The lowest BCUT2D eigenvalue weighted by Crippen LogP contribution is -2.21. The van der Waals surface area contributed by atoms with E-state index in [9.17, 15) is 4.79 Å². The van der Waals surface area contributed by atoms with Crippen molar-refractivity contribution in [3.8, 4) is 5.69 Å². The monoisotopic (exact) mass is 398 g/mol. The van der Waals surface area contributed by atoms with Gasteiger partial charge < -0.3 is 0 Å². The number of aryl methyl sites for hydroxylation is 1. The van der Waals surface area contributed by atoms with Crippen molar-refractivity contribution in [1.82, 2.24) is 19.2 Å². The fraction of sp³-hybridized carbons (Fsp3) is 0.0870. The predicted octanol–water partition coefficient (Wildman–Crippen LogP) is 4.63. The molecule has 2 heterocycles. The van der Waals surface area contributed by atoms with E-state index in [-0.39, 0.29) is 5.56 Å². The first-order valence-electron chi connectivity index (χ1n) is 9.35. The Balaban J connectivity index is 1.71. The van der Waals surface area contributed by atoms with Crippen LogP contribution in [0.1, 0.15) is 11.1 Å². The third kappa shape index (κ3) is 3.11. The molecule has 6 heteroatoms. The SMILES string of the molecule is Cc1cccc(CSc2nnc3n(-c4ccccc4)c(=O)c4ccccc4n23)c1. The number of benzene rings is 3. The Bertz CT molecular complexity index is 1390. The molecule has 5 aromatic rings. The molecule has 0 radical (unpaired) electrons. The van der Waals surface area contributed by atoms with Gasteiger partial charge in [0.2, 0.25) is 5.78 Å². The molecule has 29 heavy (non-hydrogen) atoms. The van der Waals surface area contributed by atoms with Gasteiger partial charge in [0.05, 0.1) is 16.6 Å². The summed E-state index contributed by atoms with van der Waals surface area (Å²) in [5.41, 5.74) is 3.96. The van der Waals surface area contributed by atoms with Gasteiger partial charge in [0.25, 0.3) is 5.56 Å². The molecular formula is C23H18N4OS. The lowest BCUT2D eigenvalue weighted by atomic mass is 10.2. The van der Waals surface area contributed by atoms with Gasteiger partial charge >= 0.3 is 0 Å². The van der Waals surface area contributed by atoms with Crippen LogP contribution in [-0.2, 0) is 5.75 Å². The van der Waals surface area contributed by atoms with Gasteiger partial charge in [-0.3, -0.25) is 9.20 Å². The van der Waals surface area contributed by atoms with Crippen LogP contribution in [0.15, 0.2) is 88.8 Å². The first kappa shape index (κ1) is 17.7. The molecule has 0 saturated heterocycles. The highest BCUT2D eigenvalue weighted by molar-refractivity contribution is 7.98. The molecule has 0 aliphatic carbocycles. The van der Waals surface area contributed by atoms with Crippen LogP contribution in [0.5, 0.6) is 0 Å². The van der Waals surface area contributed by atoms with Crippen molar-refractivity contribution in [3.05, 3.63) is 100 Å². The predicted molar refractivity (Wildman–Crippen MR) is 117 cm³/mol. The number of thioether (sulfide) groups is 1. The molecule has 0 bridgehead atoms. The minimum absolute atomic E-state index is 0.0954. The van der Waals surface area contributed by atoms with Crippen molar-refractivity contribution in [1.29, 1.82) is 0 Å². The quantitative estimate of drug-likeness (QED) is 0.414. The zero-order valence-corrected chi connectivity index (χ0v) is 16.6. The van der Waals surface area contributed by atoms with Gasteiger partial charge in [0.15, 0.2) is 5.16 Å². The number of hydrogen-bond donors (Lipinski definition) is 0. The first-order valence-corrected chi connectivity index (χ1v) is 10.3. The topological polar surface area (TPSA) is 52.2 Å². The van der Waals surface area contributed by atoms with Crippen molar-refractivity contribution in [2.24, 2.45) is 0 Å². The first-order chi connectivity index (χ1) is 14.2. The average Bonchev–Trinajstić information content (AvgIpc) is 3.17. The van der Waals surface area contributed by atoms with Crippen LogP contribution in [-0.4, -0.2) is 19.2 Å². The Kier molecular flexibility index (Phi) is 4.41. The van der Waals surface area contributed by atoms with Crippen molar-refractivity contribution in [3.63, 3.8) is 0 Å². The molecule has 0 spiro atoms. The van der Waals surface area contributed by atoms with E-state index in [2.05, 4.69) is 41.4 Å². The van der Waals surface area contributed by atoms with Crippen molar-refractivity contribution < 1.29 is 0 Å². The lowest BCUT2D eigenvalue weighted by Gasteiger charge is -2.11. The molecule has 142 valence electrons. The normalized spacial score (nSPS) is 11.3. The molecule has 0 aliphatic rings. The van der Waals surface area contributed by atoms with Crippen LogP contribution in [0.4, 0.5) is 0 Å². The summed E-state index contributed by atoms with van der Waals surface area (Å²) in [5.74, 6) is 1.30. The maximum Gasteiger partial charge on any atom is 0.267 e. The second-order valence-corrected chi connectivity index (χ2v) is 7.83. The highest BCUT2D eigenvalue weighted by Crippen LogP contribution is 2.25. The molecule has 0 unspecified atom stereocenters. The van der Waals surface area contributed by atoms with Crippen LogP contribution in [0.3, 0.4) is 0 Å². The molecule has 0 N–H and O–H groups in total. The van der Waals surface area contributed by atoms with Crippen LogP contribution < -0.4 is 5.56 Å². The largest absolute Gasteiger partial charge is 0.268 e. The Hall–Kier alpha value is -3.38. The van der Waals surface area contributed by atoms with E-state index in [4.69, 9.17) is 0 Å². The summed E-state index contributed by atoms with van der Waals surface area (Å²) >= 11 is 1.62. The Morgan fingerprint density at radius 2 is 1.69 bits per heavy atom. The van der Waals surface area contributed by atoms with Crippen LogP contribution in [0, 0.1) is 6.92 Å². The van der Waals surface area contributed by atoms with Crippen molar-refractivity contribution in [2.75, 3.05) is 0 Å². The molecule has 5 rings (SSSR count). The Morgan fingerprint density at radius 1 is 0.897 bits per heavy atom. The summed E-state index contributed by atoms with van der Waals surface area (Å²) in [4.78, 5) is 13.2. The Morgan fingerprint density at radius 3 is 2.52 bits per heavy atom. The fourth-order valence-corrected chi connectivity index (χ4v) is 4.41. The fourth-order valence-electron chi connectivity index (χ4n) is 3.53. The molecule has 0 atom stereocenters. The molecule has 0 aliphatic heterocycles. The molecule has 5 nitrogen and oxygen atoms in total. The van der Waals surface area contributed by atoms with Gasteiger partial charge in [-0.1, -0.05) is 71.9 Å². The summed E-state index contributed by atoms with van der Waals surface area (Å²) in [6, 6.07) is 25.6. The van der Waals surface area contributed by atoms with Crippen LogP contribution in [0.2, 0.25) is 0 Å². The minimum atomic E-state index is -0.0954. The minimum Gasteiger partial charge on any atom is -0.268 e. The highest BCUT2D eigenvalue weighted by atomic mass is 32.2. The third-order valence-corrected chi connectivity index (χ3v) is 5.86. The van der Waals surface area contributed by atoms with Crippen LogP contribution >= 0.6 is 11.8 Å². The van der Waals surface area contributed by atoms with E-state index in [1.807, 2.05) is 59.0 Å². The molecule has 0 saturated carbocycles. The highest BCUT2D eigenvalue weighted by Gasteiger charge is 2.17. The molecule has 0 fully saturated rings. The smallest absolute Gasteiger partial charge is 0.267 e. The summed E-state index contributed by atoms with van der Waals surface area (Å²) in [7, 11) is 0. The maximum atomic E-state index is 13.2. The maximum absolute atomic E-state index is 13.2. The van der Waals surface area contributed by atoms with E-state index in [1.165, 1.54) is 11.1 Å². The van der Waals surface area contributed by atoms with Gasteiger partial charge in [-0.25, -0.2) is 4.57 Å². The summed E-state index contributed by atoms with van der Waals surface area (Å²) in [5, 5.41) is 10.2. The van der Waals surface area contributed by atoms with Gasteiger partial charge in [0.1, 0.15) is 0 Å². The lowest BCUT2D eigenvalue weighted by molar-refractivity contribution is 0.930. The summed E-state index contributed by atoms with van der Waals surface area (Å²) < 4.78 is 3.61. The van der Waals surface area contributed by atoms with Gasteiger partial charge in [0, 0.05) is 5.75 Å². The average molecular weight is 398 g/mol. The third-order valence-electron chi connectivity index (χ3n) is 4.86. The number of para-hydroxylation sites is 2. The van der Waals surface area contributed by atoms with Crippen molar-refractivity contribution >= 4 is 28.4 Å². The van der Waals surface area contributed by atoms with E-state index in [1.54, 1.807) is 16.3 Å². The Labute approximate surface area is 171 Å². The zero-order chi connectivity index (χ0) is 19.8. The zero-order valence-electron chi connectivity index (χ0n) is 15.8. The van der Waals surface area contributed by atoms with Gasteiger partial charge in [-0.15, -0.1) is 10.2 Å². The number of fused-ring (bicyclic) bond motifs is 3. The second kappa shape index (κ2) is 7.22. The van der Waals surface area contributed by atoms with E-state index in [0.29, 0.717) is 11.2 Å². The number of hydrogen-bond acceptors (Lipinski definition) is 4. The number of rotatable bonds is 4. The molecule has 0 amide bonds. The van der Waals surface area contributed by atoms with Gasteiger partial charge in [-0.2, -0.15) is 0 Å². The number of nitrogens with zero attached hydrogens (tertiary/aromatic N) is 4. The van der Waals surface area contributed by atoms with E-state index < -0.39 is 0 Å². The van der Waals surface area contributed by atoms with E-state index in [0.717, 1.165) is 22.1 Å². The second-order valence-electron chi connectivity index (χ2n) is 6.89. The van der Waals surface area contributed by atoms with Crippen molar-refractivity contribution in [2.45, 2.75) is 17.8 Å². The molecule has 3 aromatic carbocycles. The molecule has 2 aromatic heterocycles. The molecular weight excluding hydrogens is 380 g/mol. The van der Waals surface area contributed by atoms with Gasteiger partial charge in [-0.05, 0) is 36.8 Å².